The third kappa shape index (κ3) is 3.40. The molecule has 0 saturated heterocycles. The summed E-state index contributed by atoms with van der Waals surface area (Å²) in [5.74, 6) is 0. The second kappa shape index (κ2) is 6.10. The fourth-order valence-corrected chi connectivity index (χ4v) is 2.11. The van der Waals surface area contributed by atoms with Crippen molar-refractivity contribution in [1.29, 1.82) is 0 Å². The highest BCUT2D eigenvalue weighted by Crippen LogP contribution is 2.26. The summed E-state index contributed by atoms with van der Waals surface area (Å²) < 4.78 is 2.00. The van der Waals surface area contributed by atoms with Gasteiger partial charge in [0.05, 0.1) is 27.0 Å². The molecule has 0 unspecified atom stereocenters. The Hall–Kier alpha value is -1.80. The Balaban J connectivity index is 2.20. The molecule has 0 aliphatic carbocycles. The normalized spacial score (nSPS) is 11.0. The minimum atomic E-state index is -0.437. The standard InChI is InChI=1S/C12H14BrN5O2/c1-8(2)14-6-9-7-17(16-15-9)10-3-4-12(18(19)20)11(13)5-10/h3-5,7-8,14H,6H2,1-2H3. The maximum absolute atomic E-state index is 10.8. The van der Waals surface area contributed by atoms with Crippen LogP contribution in [0.25, 0.3) is 5.69 Å². The van der Waals surface area contributed by atoms with Gasteiger partial charge in [-0.1, -0.05) is 19.1 Å². The van der Waals surface area contributed by atoms with E-state index in [9.17, 15) is 10.1 Å². The van der Waals surface area contributed by atoms with Gasteiger partial charge in [-0.05, 0) is 28.1 Å². The molecule has 1 heterocycles. The topological polar surface area (TPSA) is 85.9 Å². The Kier molecular flexibility index (Phi) is 4.46. The third-order valence-electron chi connectivity index (χ3n) is 2.62. The molecule has 0 spiro atoms. The molecule has 0 aliphatic heterocycles. The summed E-state index contributed by atoms with van der Waals surface area (Å²) in [6.45, 7) is 4.74. The van der Waals surface area contributed by atoms with Crippen molar-refractivity contribution in [2.45, 2.75) is 26.4 Å². The van der Waals surface area contributed by atoms with Crippen LogP contribution in [-0.2, 0) is 6.54 Å². The lowest BCUT2D eigenvalue weighted by Crippen LogP contribution is -2.21. The first-order chi connectivity index (χ1) is 9.47. The second-order valence-corrected chi connectivity index (χ2v) is 5.44. The minimum Gasteiger partial charge on any atom is -0.309 e. The molecule has 2 aromatic rings. The first kappa shape index (κ1) is 14.6. The fraction of sp³-hybridized carbons (Fsp3) is 0.333. The quantitative estimate of drug-likeness (QED) is 0.667. The van der Waals surface area contributed by atoms with Crippen LogP contribution in [-0.4, -0.2) is 26.0 Å². The third-order valence-corrected chi connectivity index (χ3v) is 3.26. The fourth-order valence-electron chi connectivity index (χ4n) is 1.60. The van der Waals surface area contributed by atoms with Crippen molar-refractivity contribution in [1.82, 2.24) is 20.3 Å². The van der Waals surface area contributed by atoms with Crippen molar-refractivity contribution >= 4 is 21.6 Å². The van der Waals surface area contributed by atoms with Crippen LogP contribution < -0.4 is 5.32 Å². The van der Waals surface area contributed by atoms with Gasteiger partial charge in [0, 0.05) is 18.7 Å². The van der Waals surface area contributed by atoms with Crippen molar-refractivity contribution in [3.63, 3.8) is 0 Å². The van der Waals surface area contributed by atoms with E-state index in [-0.39, 0.29) is 5.69 Å². The SMILES string of the molecule is CC(C)NCc1cn(-c2ccc([N+](=O)[O-])c(Br)c2)nn1. The molecule has 1 aromatic carbocycles. The molecular formula is C12H14BrN5O2. The molecule has 0 atom stereocenters. The van der Waals surface area contributed by atoms with E-state index in [2.05, 4.69) is 45.4 Å². The molecule has 7 nitrogen and oxygen atoms in total. The highest BCUT2D eigenvalue weighted by Gasteiger charge is 2.13. The molecule has 0 bridgehead atoms. The molecule has 2 rings (SSSR count). The van der Waals surface area contributed by atoms with Gasteiger partial charge >= 0.3 is 0 Å². The number of aromatic nitrogens is 3. The highest BCUT2D eigenvalue weighted by atomic mass is 79.9. The van der Waals surface area contributed by atoms with Crippen LogP contribution in [0, 0.1) is 10.1 Å². The van der Waals surface area contributed by atoms with Crippen LogP contribution in [0.1, 0.15) is 19.5 Å². The van der Waals surface area contributed by atoms with Gasteiger partial charge in [0.2, 0.25) is 0 Å². The average Bonchev–Trinajstić information content (AvgIpc) is 2.84. The monoisotopic (exact) mass is 339 g/mol. The van der Waals surface area contributed by atoms with Crippen molar-refractivity contribution in [3.8, 4) is 5.69 Å². The molecule has 0 amide bonds. The summed E-state index contributed by atoms with van der Waals surface area (Å²) in [7, 11) is 0. The van der Waals surface area contributed by atoms with Crippen molar-refractivity contribution in [3.05, 3.63) is 44.7 Å². The van der Waals surface area contributed by atoms with Crippen LogP contribution in [0.15, 0.2) is 28.9 Å². The van der Waals surface area contributed by atoms with Crippen LogP contribution in [0.2, 0.25) is 0 Å². The van der Waals surface area contributed by atoms with Gasteiger partial charge in [-0.3, -0.25) is 10.1 Å². The van der Waals surface area contributed by atoms with Gasteiger partial charge in [-0.25, -0.2) is 4.68 Å². The number of hydrogen-bond acceptors (Lipinski definition) is 5. The second-order valence-electron chi connectivity index (χ2n) is 4.58. The number of halogens is 1. The molecule has 1 N–H and O–H groups in total. The number of nitrogens with zero attached hydrogens (tertiary/aromatic N) is 4. The summed E-state index contributed by atoms with van der Waals surface area (Å²) in [6, 6.07) is 5.09. The van der Waals surface area contributed by atoms with E-state index in [1.54, 1.807) is 23.0 Å². The number of nitro benzene ring substituents is 1. The zero-order chi connectivity index (χ0) is 14.7. The van der Waals surface area contributed by atoms with Gasteiger partial charge < -0.3 is 5.32 Å². The van der Waals surface area contributed by atoms with Crippen molar-refractivity contribution in [2.24, 2.45) is 0 Å². The van der Waals surface area contributed by atoms with E-state index in [0.29, 0.717) is 22.7 Å². The van der Waals surface area contributed by atoms with Gasteiger partial charge in [-0.2, -0.15) is 0 Å². The maximum Gasteiger partial charge on any atom is 0.283 e. The van der Waals surface area contributed by atoms with E-state index in [1.165, 1.54) is 6.07 Å². The molecule has 8 heteroatoms. The number of rotatable bonds is 5. The summed E-state index contributed by atoms with van der Waals surface area (Å²) in [4.78, 5) is 10.3. The van der Waals surface area contributed by atoms with Crippen LogP contribution >= 0.6 is 15.9 Å². The summed E-state index contributed by atoms with van der Waals surface area (Å²) >= 11 is 3.19. The van der Waals surface area contributed by atoms with E-state index < -0.39 is 4.92 Å². The highest BCUT2D eigenvalue weighted by molar-refractivity contribution is 9.10. The summed E-state index contributed by atoms with van der Waals surface area (Å²) in [6.07, 6.45) is 1.79. The Bertz CT molecular complexity index is 626. The van der Waals surface area contributed by atoms with Gasteiger partial charge in [0.1, 0.15) is 0 Å². The average molecular weight is 340 g/mol. The Morgan fingerprint density at radius 2 is 2.25 bits per heavy atom. The number of nitrogens with one attached hydrogen (secondary N) is 1. The lowest BCUT2D eigenvalue weighted by molar-refractivity contribution is -0.385. The van der Waals surface area contributed by atoms with Crippen LogP contribution in [0.5, 0.6) is 0 Å². The smallest absolute Gasteiger partial charge is 0.283 e. The van der Waals surface area contributed by atoms with Gasteiger partial charge in [0.25, 0.3) is 5.69 Å². The van der Waals surface area contributed by atoms with Crippen LogP contribution in [0.3, 0.4) is 0 Å². The first-order valence-corrected chi connectivity index (χ1v) is 6.85. The predicted molar refractivity (Wildman–Crippen MR) is 77.7 cm³/mol. The van der Waals surface area contributed by atoms with E-state index in [4.69, 9.17) is 0 Å². The van der Waals surface area contributed by atoms with E-state index >= 15 is 0 Å². The van der Waals surface area contributed by atoms with Crippen molar-refractivity contribution in [2.75, 3.05) is 0 Å². The van der Waals surface area contributed by atoms with Gasteiger partial charge in [-0.15, -0.1) is 5.10 Å². The Labute approximate surface area is 124 Å². The van der Waals surface area contributed by atoms with Gasteiger partial charge in [0.15, 0.2) is 0 Å². The Morgan fingerprint density at radius 3 is 2.85 bits per heavy atom. The molecule has 0 fully saturated rings. The van der Waals surface area contributed by atoms with E-state index in [1.807, 2.05) is 0 Å². The molecular weight excluding hydrogens is 326 g/mol. The predicted octanol–water partition coefficient (Wildman–Crippen LogP) is 2.44. The molecule has 0 saturated carbocycles. The van der Waals surface area contributed by atoms with E-state index in [0.717, 1.165) is 5.69 Å². The minimum absolute atomic E-state index is 0.0237. The molecule has 0 radical (unpaired) electrons. The first-order valence-electron chi connectivity index (χ1n) is 6.06. The number of hydrogen-bond donors (Lipinski definition) is 1. The lowest BCUT2D eigenvalue weighted by atomic mass is 10.3. The molecule has 0 aliphatic rings. The molecule has 20 heavy (non-hydrogen) atoms. The number of nitro groups is 1. The zero-order valence-electron chi connectivity index (χ0n) is 11.1. The zero-order valence-corrected chi connectivity index (χ0v) is 12.7. The lowest BCUT2D eigenvalue weighted by Gasteiger charge is -2.04. The maximum atomic E-state index is 10.8. The molecule has 1 aromatic heterocycles. The number of benzene rings is 1. The summed E-state index contributed by atoms with van der Waals surface area (Å²) in [5.41, 5.74) is 1.55. The Morgan fingerprint density at radius 1 is 1.50 bits per heavy atom. The largest absolute Gasteiger partial charge is 0.309 e. The molecule has 106 valence electrons. The van der Waals surface area contributed by atoms with Crippen LogP contribution in [0.4, 0.5) is 5.69 Å². The summed E-state index contributed by atoms with van der Waals surface area (Å²) in [5, 5.41) is 22.1. The van der Waals surface area contributed by atoms with Crippen molar-refractivity contribution < 1.29 is 4.92 Å².